The molecule has 8 heteroatoms. The van der Waals surface area contributed by atoms with Crippen LogP contribution in [0.25, 0.3) is 10.7 Å². The number of hydrogen-bond acceptors (Lipinski definition) is 6. The molecule has 2 aromatic heterocycles. The number of aryl methyl sites for hydroxylation is 1. The number of amides is 1. The molecule has 0 spiro atoms. The molecule has 0 bridgehead atoms. The minimum Gasteiger partial charge on any atom is -0.376 e. The van der Waals surface area contributed by atoms with Gasteiger partial charge in [-0.25, -0.2) is 0 Å². The highest BCUT2D eigenvalue weighted by molar-refractivity contribution is 8.00. The maximum absolute atomic E-state index is 12.7. The molecule has 29 heavy (non-hydrogen) atoms. The lowest BCUT2D eigenvalue weighted by Gasteiger charge is -2.16. The number of ether oxygens (including phenoxy) is 1. The number of carbonyl (C=O) groups is 1. The summed E-state index contributed by atoms with van der Waals surface area (Å²) < 4.78 is 7.93. The van der Waals surface area contributed by atoms with Crippen molar-refractivity contribution in [3.63, 3.8) is 0 Å². The summed E-state index contributed by atoms with van der Waals surface area (Å²) in [5.41, 5.74) is 1.92. The number of thioether (sulfide) groups is 1. The molecular weight excluding hydrogens is 404 g/mol. The number of nitrogens with one attached hydrogen (secondary N) is 1. The predicted molar refractivity (Wildman–Crippen MR) is 117 cm³/mol. The SMILES string of the molecule is Cc1cccc(NC(=O)[C@@H](C)Sc2nnc(-c3cccs3)n2C[C@@H]2CCCO2)c1. The zero-order valence-electron chi connectivity index (χ0n) is 16.5. The van der Waals surface area contributed by atoms with Crippen molar-refractivity contribution in [2.45, 2.75) is 49.7 Å². The molecular formula is C21H24N4O2S2. The minimum atomic E-state index is -0.306. The fourth-order valence-corrected chi connectivity index (χ4v) is 4.87. The summed E-state index contributed by atoms with van der Waals surface area (Å²) in [6.07, 6.45) is 2.29. The normalized spacial score (nSPS) is 17.4. The summed E-state index contributed by atoms with van der Waals surface area (Å²) in [4.78, 5) is 13.8. The number of rotatable bonds is 7. The van der Waals surface area contributed by atoms with Gasteiger partial charge in [-0.1, -0.05) is 30.0 Å². The van der Waals surface area contributed by atoms with E-state index >= 15 is 0 Å². The topological polar surface area (TPSA) is 69.0 Å². The van der Waals surface area contributed by atoms with Crippen LogP contribution in [0.1, 0.15) is 25.3 Å². The average molecular weight is 429 g/mol. The van der Waals surface area contributed by atoms with Gasteiger partial charge in [-0.15, -0.1) is 21.5 Å². The average Bonchev–Trinajstić information content (AvgIpc) is 3.45. The van der Waals surface area contributed by atoms with Crippen molar-refractivity contribution in [1.82, 2.24) is 14.8 Å². The second kappa shape index (κ2) is 9.11. The number of aromatic nitrogens is 3. The molecule has 2 atom stereocenters. The Hall–Kier alpha value is -2.16. The van der Waals surface area contributed by atoms with E-state index < -0.39 is 0 Å². The lowest BCUT2D eigenvalue weighted by Crippen LogP contribution is -2.23. The summed E-state index contributed by atoms with van der Waals surface area (Å²) >= 11 is 3.07. The van der Waals surface area contributed by atoms with Crippen molar-refractivity contribution in [3.05, 3.63) is 47.3 Å². The third-order valence-electron chi connectivity index (χ3n) is 4.81. The van der Waals surface area contributed by atoms with E-state index in [9.17, 15) is 4.79 Å². The van der Waals surface area contributed by atoms with Crippen LogP contribution in [-0.2, 0) is 16.1 Å². The first-order valence-electron chi connectivity index (χ1n) is 9.73. The Morgan fingerprint density at radius 2 is 2.28 bits per heavy atom. The number of hydrogen-bond donors (Lipinski definition) is 1. The van der Waals surface area contributed by atoms with Gasteiger partial charge in [-0.2, -0.15) is 0 Å². The summed E-state index contributed by atoms with van der Waals surface area (Å²) in [5.74, 6) is 0.786. The van der Waals surface area contributed by atoms with Crippen LogP contribution >= 0.6 is 23.1 Å². The Bertz CT molecular complexity index is 965. The van der Waals surface area contributed by atoms with Gasteiger partial charge in [-0.05, 0) is 55.8 Å². The summed E-state index contributed by atoms with van der Waals surface area (Å²) in [5, 5.41) is 14.3. The number of thiophene rings is 1. The molecule has 1 aliphatic heterocycles. The van der Waals surface area contributed by atoms with E-state index in [2.05, 4.69) is 20.1 Å². The van der Waals surface area contributed by atoms with Crippen LogP contribution in [0.4, 0.5) is 5.69 Å². The summed E-state index contributed by atoms with van der Waals surface area (Å²) in [7, 11) is 0. The fourth-order valence-electron chi connectivity index (χ4n) is 3.30. The minimum absolute atomic E-state index is 0.0510. The van der Waals surface area contributed by atoms with Gasteiger partial charge in [0.05, 0.1) is 22.8 Å². The van der Waals surface area contributed by atoms with E-state index in [1.807, 2.05) is 55.6 Å². The molecule has 0 unspecified atom stereocenters. The highest BCUT2D eigenvalue weighted by Crippen LogP contribution is 2.31. The highest BCUT2D eigenvalue weighted by Gasteiger charge is 2.25. The predicted octanol–water partition coefficient (Wildman–Crippen LogP) is 4.61. The molecule has 1 aromatic carbocycles. The third kappa shape index (κ3) is 4.88. The summed E-state index contributed by atoms with van der Waals surface area (Å²) in [6, 6.07) is 11.9. The Balaban J connectivity index is 1.51. The Morgan fingerprint density at radius 3 is 3.00 bits per heavy atom. The molecule has 3 heterocycles. The van der Waals surface area contributed by atoms with Gasteiger partial charge in [0.2, 0.25) is 5.91 Å². The first-order chi connectivity index (χ1) is 14.1. The van der Waals surface area contributed by atoms with Gasteiger partial charge < -0.3 is 10.1 Å². The van der Waals surface area contributed by atoms with E-state index in [1.54, 1.807) is 11.3 Å². The molecule has 1 saturated heterocycles. The van der Waals surface area contributed by atoms with Crippen LogP contribution in [0.5, 0.6) is 0 Å². The smallest absolute Gasteiger partial charge is 0.237 e. The lowest BCUT2D eigenvalue weighted by atomic mass is 10.2. The highest BCUT2D eigenvalue weighted by atomic mass is 32.2. The Labute approximate surface area is 178 Å². The van der Waals surface area contributed by atoms with Crippen LogP contribution < -0.4 is 5.32 Å². The molecule has 6 nitrogen and oxygen atoms in total. The molecule has 4 rings (SSSR count). The lowest BCUT2D eigenvalue weighted by molar-refractivity contribution is -0.115. The maximum atomic E-state index is 12.7. The van der Waals surface area contributed by atoms with Gasteiger partial charge in [-0.3, -0.25) is 9.36 Å². The monoisotopic (exact) mass is 428 g/mol. The van der Waals surface area contributed by atoms with Crippen molar-refractivity contribution < 1.29 is 9.53 Å². The van der Waals surface area contributed by atoms with Gasteiger partial charge >= 0.3 is 0 Å². The van der Waals surface area contributed by atoms with Crippen molar-refractivity contribution >= 4 is 34.7 Å². The number of nitrogens with zero attached hydrogens (tertiary/aromatic N) is 3. The van der Waals surface area contributed by atoms with Gasteiger partial charge in [0.1, 0.15) is 0 Å². The van der Waals surface area contributed by atoms with Crippen molar-refractivity contribution in [3.8, 4) is 10.7 Å². The standard InChI is InChI=1S/C21H24N4O2S2/c1-14-6-3-7-16(12-14)22-20(26)15(2)29-21-24-23-19(18-9-5-11-28-18)25(21)13-17-8-4-10-27-17/h3,5-7,9,11-12,15,17H,4,8,10,13H2,1-2H3,(H,22,26)/t15-,17+/m1/s1. The largest absolute Gasteiger partial charge is 0.376 e. The number of carbonyl (C=O) groups excluding carboxylic acids is 1. The molecule has 3 aromatic rings. The van der Waals surface area contributed by atoms with Crippen LogP contribution in [-0.4, -0.2) is 38.6 Å². The van der Waals surface area contributed by atoms with Crippen molar-refractivity contribution in [2.24, 2.45) is 0 Å². The molecule has 152 valence electrons. The Kier molecular flexibility index (Phi) is 6.32. The second-order valence-corrected chi connectivity index (χ2v) is 9.40. The molecule has 0 aliphatic carbocycles. The molecule has 0 saturated carbocycles. The molecule has 0 radical (unpaired) electrons. The first-order valence-corrected chi connectivity index (χ1v) is 11.5. The van der Waals surface area contributed by atoms with Crippen molar-refractivity contribution in [1.29, 1.82) is 0 Å². The quantitative estimate of drug-likeness (QED) is 0.557. The molecule has 1 fully saturated rings. The van der Waals surface area contributed by atoms with Crippen LogP contribution in [0.3, 0.4) is 0 Å². The van der Waals surface area contributed by atoms with Gasteiger partial charge in [0.25, 0.3) is 0 Å². The maximum Gasteiger partial charge on any atom is 0.237 e. The van der Waals surface area contributed by atoms with Crippen LogP contribution in [0.2, 0.25) is 0 Å². The van der Waals surface area contributed by atoms with E-state index in [0.29, 0.717) is 6.54 Å². The zero-order valence-corrected chi connectivity index (χ0v) is 18.1. The number of anilines is 1. The van der Waals surface area contributed by atoms with Gasteiger partial charge in [0, 0.05) is 12.3 Å². The molecule has 1 amide bonds. The van der Waals surface area contributed by atoms with E-state index in [1.165, 1.54) is 11.8 Å². The first kappa shape index (κ1) is 20.1. The van der Waals surface area contributed by atoms with Crippen molar-refractivity contribution in [2.75, 3.05) is 11.9 Å². The van der Waals surface area contributed by atoms with E-state index in [-0.39, 0.29) is 17.3 Å². The van der Waals surface area contributed by atoms with E-state index in [4.69, 9.17) is 4.74 Å². The Morgan fingerprint density at radius 1 is 1.38 bits per heavy atom. The molecule has 1 N–H and O–H groups in total. The van der Waals surface area contributed by atoms with E-state index in [0.717, 1.165) is 46.6 Å². The number of benzene rings is 1. The van der Waals surface area contributed by atoms with Crippen LogP contribution in [0, 0.1) is 6.92 Å². The second-order valence-electron chi connectivity index (χ2n) is 7.15. The third-order valence-corrected chi connectivity index (χ3v) is 6.75. The fraction of sp³-hybridized carbons (Fsp3) is 0.381. The summed E-state index contributed by atoms with van der Waals surface area (Å²) in [6.45, 7) is 5.41. The van der Waals surface area contributed by atoms with Gasteiger partial charge in [0.15, 0.2) is 11.0 Å². The molecule has 1 aliphatic rings. The van der Waals surface area contributed by atoms with Crippen LogP contribution in [0.15, 0.2) is 46.9 Å². The zero-order chi connectivity index (χ0) is 20.2.